The van der Waals surface area contributed by atoms with Gasteiger partial charge in [-0.25, -0.2) is 0 Å². The summed E-state index contributed by atoms with van der Waals surface area (Å²) < 4.78 is 0. The molecule has 0 spiro atoms. The molecule has 4 N–H and O–H groups in total. The van der Waals surface area contributed by atoms with Crippen molar-refractivity contribution >= 4 is 11.7 Å². The Morgan fingerprint density at radius 3 is 2.40 bits per heavy atom. The SMILES string of the molecule is CCC(CC(N)=NO)NC(=O)C(C)(C)C. The van der Waals surface area contributed by atoms with E-state index in [1.54, 1.807) is 0 Å². The molecule has 1 atom stereocenters. The summed E-state index contributed by atoms with van der Waals surface area (Å²) in [6.07, 6.45) is 1.12. The molecule has 1 amide bonds. The van der Waals surface area contributed by atoms with Crippen molar-refractivity contribution < 1.29 is 10.0 Å². The first-order valence-electron chi connectivity index (χ1n) is 5.08. The van der Waals surface area contributed by atoms with Crippen LogP contribution >= 0.6 is 0 Å². The summed E-state index contributed by atoms with van der Waals surface area (Å²) in [4.78, 5) is 11.6. The number of hydrogen-bond donors (Lipinski definition) is 3. The number of amidine groups is 1. The number of oxime groups is 1. The molecule has 1 unspecified atom stereocenters. The molecule has 0 saturated carbocycles. The summed E-state index contributed by atoms with van der Waals surface area (Å²) in [5.74, 6) is 0.108. The standard InChI is InChI=1S/C10H21N3O2/c1-5-7(6-8(11)13-15)12-9(14)10(2,3)4/h7,15H,5-6H2,1-4H3,(H2,11,13)(H,12,14). The van der Waals surface area contributed by atoms with Crippen LogP contribution in [0.15, 0.2) is 5.16 Å². The van der Waals surface area contributed by atoms with Crippen LogP contribution in [-0.4, -0.2) is 23.0 Å². The molecule has 0 heterocycles. The summed E-state index contributed by atoms with van der Waals surface area (Å²) in [6.45, 7) is 7.48. The molecule has 0 aliphatic rings. The third-order valence-electron chi connectivity index (χ3n) is 2.09. The molecular formula is C10H21N3O2. The summed E-state index contributed by atoms with van der Waals surface area (Å²) >= 11 is 0. The first-order chi connectivity index (χ1) is 6.81. The highest BCUT2D eigenvalue weighted by Gasteiger charge is 2.23. The molecule has 0 bridgehead atoms. The van der Waals surface area contributed by atoms with Crippen molar-refractivity contribution in [3.8, 4) is 0 Å². The summed E-state index contributed by atoms with van der Waals surface area (Å²) in [7, 11) is 0. The molecule has 15 heavy (non-hydrogen) atoms. The molecule has 0 radical (unpaired) electrons. The predicted molar refractivity (Wildman–Crippen MR) is 59.7 cm³/mol. The maximum Gasteiger partial charge on any atom is 0.225 e. The zero-order chi connectivity index (χ0) is 12.1. The summed E-state index contributed by atoms with van der Waals surface area (Å²) in [5.41, 5.74) is 4.96. The van der Waals surface area contributed by atoms with Crippen LogP contribution in [-0.2, 0) is 4.79 Å². The lowest BCUT2D eigenvalue weighted by Gasteiger charge is -2.23. The minimum absolute atomic E-state index is 0.0277. The van der Waals surface area contributed by atoms with Crippen molar-refractivity contribution in [3.63, 3.8) is 0 Å². The van der Waals surface area contributed by atoms with Crippen LogP contribution in [0.3, 0.4) is 0 Å². The minimum atomic E-state index is -0.418. The van der Waals surface area contributed by atoms with Crippen LogP contribution < -0.4 is 11.1 Å². The molecule has 0 aromatic carbocycles. The fourth-order valence-electron chi connectivity index (χ4n) is 0.993. The van der Waals surface area contributed by atoms with E-state index in [1.807, 2.05) is 27.7 Å². The molecule has 88 valence electrons. The molecule has 0 aromatic heterocycles. The van der Waals surface area contributed by atoms with Gasteiger partial charge in [0.15, 0.2) is 0 Å². The van der Waals surface area contributed by atoms with Gasteiger partial charge in [-0.15, -0.1) is 0 Å². The van der Waals surface area contributed by atoms with Crippen molar-refractivity contribution in [1.29, 1.82) is 0 Å². The third kappa shape index (κ3) is 5.24. The second-order valence-electron chi connectivity index (χ2n) is 4.62. The van der Waals surface area contributed by atoms with E-state index in [1.165, 1.54) is 0 Å². The van der Waals surface area contributed by atoms with Gasteiger partial charge >= 0.3 is 0 Å². The predicted octanol–water partition coefficient (Wildman–Crippen LogP) is 1.06. The van der Waals surface area contributed by atoms with E-state index in [9.17, 15) is 4.79 Å². The van der Waals surface area contributed by atoms with Gasteiger partial charge in [-0.05, 0) is 6.42 Å². The number of carbonyl (C=O) groups is 1. The van der Waals surface area contributed by atoms with Gasteiger partial charge in [0.2, 0.25) is 5.91 Å². The van der Waals surface area contributed by atoms with E-state index in [0.29, 0.717) is 6.42 Å². The van der Waals surface area contributed by atoms with Gasteiger partial charge in [-0.1, -0.05) is 32.9 Å². The van der Waals surface area contributed by atoms with Crippen molar-refractivity contribution in [1.82, 2.24) is 5.32 Å². The normalized spacial score (nSPS) is 14.8. The zero-order valence-electron chi connectivity index (χ0n) is 9.87. The van der Waals surface area contributed by atoms with Crippen LogP contribution in [0.4, 0.5) is 0 Å². The van der Waals surface area contributed by atoms with Gasteiger partial charge in [0.05, 0.1) is 0 Å². The Kier molecular flexibility index (Phi) is 5.11. The van der Waals surface area contributed by atoms with Crippen LogP contribution in [0, 0.1) is 5.41 Å². The lowest BCUT2D eigenvalue weighted by molar-refractivity contribution is -0.129. The van der Waals surface area contributed by atoms with E-state index in [4.69, 9.17) is 10.9 Å². The Bertz CT molecular complexity index is 244. The van der Waals surface area contributed by atoms with E-state index in [0.717, 1.165) is 6.42 Å². The molecule has 0 aromatic rings. The quantitative estimate of drug-likeness (QED) is 0.283. The topological polar surface area (TPSA) is 87.7 Å². The minimum Gasteiger partial charge on any atom is -0.409 e. The van der Waals surface area contributed by atoms with E-state index < -0.39 is 5.41 Å². The fraction of sp³-hybridized carbons (Fsp3) is 0.800. The van der Waals surface area contributed by atoms with Crippen molar-refractivity contribution in [2.45, 2.75) is 46.6 Å². The molecule has 0 fully saturated rings. The zero-order valence-corrected chi connectivity index (χ0v) is 9.87. The average molecular weight is 215 g/mol. The maximum absolute atomic E-state index is 11.6. The fourth-order valence-corrected chi connectivity index (χ4v) is 0.993. The molecule has 0 saturated heterocycles. The van der Waals surface area contributed by atoms with E-state index in [-0.39, 0.29) is 17.8 Å². The van der Waals surface area contributed by atoms with Gasteiger partial charge in [-0.2, -0.15) is 0 Å². The lowest BCUT2D eigenvalue weighted by Crippen LogP contribution is -2.43. The highest BCUT2D eigenvalue weighted by atomic mass is 16.4. The largest absolute Gasteiger partial charge is 0.409 e. The second-order valence-corrected chi connectivity index (χ2v) is 4.62. The molecule has 5 nitrogen and oxygen atoms in total. The van der Waals surface area contributed by atoms with E-state index in [2.05, 4.69) is 10.5 Å². The first kappa shape index (κ1) is 13.7. The molecule has 0 rings (SSSR count). The number of hydrogen-bond acceptors (Lipinski definition) is 3. The number of nitrogens with two attached hydrogens (primary N) is 1. The maximum atomic E-state index is 11.6. The smallest absolute Gasteiger partial charge is 0.225 e. The first-order valence-corrected chi connectivity index (χ1v) is 5.08. The Labute approximate surface area is 90.7 Å². The summed E-state index contributed by atoms with van der Waals surface area (Å²) in [6, 6.07) is -0.0763. The van der Waals surface area contributed by atoms with E-state index >= 15 is 0 Å². The lowest BCUT2D eigenvalue weighted by atomic mass is 9.94. The Hall–Kier alpha value is -1.26. The van der Waals surface area contributed by atoms with Crippen LogP contribution in [0.25, 0.3) is 0 Å². The Balaban J connectivity index is 4.29. The number of rotatable bonds is 4. The van der Waals surface area contributed by atoms with Gasteiger partial charge in [0, 0.05) is 17.9 Å². The molecule has 0 aliphatic carbocycles. The number of nitrogens with one attached hydrogen (secondary N) is 1. The summed E-state index contributed by atoms with van der Waals surface area (Å²) in [5, 5.41) is 14.2. The van der Waals surface area contributed by atoms with Gasteiger partial charge in [0.1, 0.15) is 5.84 Å². The van der Waals surface area contributed by atoms with Crippen molar-refractivity contribution in [2.75, 3.05) is 0 Å². The van der Waals surface area contributed by atoms with Gasteiger partial charge in [0.25, 0.3) is 0 Å². The van der Waals surface area contributed by atoms with Gasteiger partial charge < -0.3 is 16.3 Å². The average Bonchev–Trinajstić information content (AvgIpc) is 2.14. The second kappa shape index (κ2) is 5.58. The van der Waals surface area contributed by atoms with Gasteiger partial charge in [-0.3, -0.25) is 4.79 Å². The number of carbonyl (C=O) groups excluding carboxylic acids is 1. The molecule has 5 heteroatoms. The number of amides is 1. The Morgan fingerprint density at radius 1 is 1.53 bits per heavy atom. The molecular weight excluding hydrogens is 194 g/mol. The van der Waals surface area contributed by atoms with Crippen LogP contribution in [0.2, 0.25) is 0 Å². The highest BCUT2D eigenvalue weighted by Crippen LogP contribution is 2.13. The Morgan fingerprint density at radius 2 is 2.07 bits per heavy atom. The highest BCUT2D eigenvalue weighted by molar-refractivity contribution is 5.84. The number of nitrogens with zero attached hydrogens (tertiary/aromatic N) is 1. The van der Waals surface area contributed by atoms with Crippen LogP contribution in [0.1, 0.15) is 40.5 Å². The van der Waals surface area contributed by atoms with Crippen molar-refractivity contribution in [2.24, 2.45) is 16.3 Å². The third-order valence-corrected chi connectivity index (χ3v) is 2.09. The van der Waals surface area contributed by atoms with Crippen LogP contribution in [0.5, 0.6) is 0 Å². The molecule has 0 aliphatic heterocycles. The van der Waals surface area contributed by atoms with Crippen molar-refractivity contribution in [3.05, 3.63) is 0 Å². The monoisotopic (exact) mass is 215 g/mol.